The van der Waals surface area contributed by atoms with Gasteiger partial charge in [-0.05, 0) is 6.92 Å². The molecule has 1 N–H and O–H groups in total. The van der Waals surface area contributed by atoms with E-state index in [1.54, 1.807) is 7.05 Å². The molecule has 2 fully saturated rings. The van der Waals surface area contributed by atoms with E-state index in [9.17, 15) is 9.59 Å². The van der Waals surface area contributed by atoms with Crippen molar-refractivity contribution in [1.82, 2.24) is 20.0 Å². The summed E-state index contributed by atoms with van der Waals surface area (Å²) in [5.41, 5.74) is 0. The number of nitrogens with zero attached hydrogens (tertiary/aromatic N) is 4. The Labute approximate surface area is 117 Å². The van der Waals surface area contributed by atoms with Crippen LogP contribution in [0.15, 0.2) is 4.99 Å². The van der Waals surface area contributed by atoms with Crippen LogP contribution < -0.4 is 5.32 Å². The molecular weight excluding hydrogens is 262 g/mol. The van der Waals surface area contributed by atoms with Crippen molar-refractivity contribution >= 4 is 17.9 Å². The van der Waals surface area contributed by atoms with Crippen LogP contribution in [0.1, 0.15) is 6.92 Å². The summed E-state index contributed by atoms with van der Waals surface area (Å²) in [6, 6.07) is -0.851. The van der Waals surface area contributed by atoms with Gasteiger partial charge in [0, 0.05) is 27.2 Å². The third-order valence-corrected chi connectivity index (χ3v) is 4.00. The predicted octanol–water partition coefficient (Wildman–Crippen LogP) is -1.12. The summed E-state index contributed by atoms with van der Waals surface area (Å²) in [6.07, 6.45) is -0.315. The molecule has 0 radical (unpaired) electrons. The Hall–Kier alpha value is -1.83. The lowest BCUT2D eigenvalue weighted by Gasteiger charge is -2.37. The summed E-state index contributed by atoms with van der Waals surface area (Å²) in [7, 11) is 3.49. The summed E-state index contributed by atoms with van der Waals surface area (Å²) in [5.74, 6) is 0.465. The first-order valence-corrected chi connectivity index (χ1v) is 6.74. The number of ether oxygens (including phenoxy) is 1. The predicted molar refractivity (Wildman–Crippen MR) is 71.1 cm³/mol. The van der Waals surface area contributed by atoms with E-state index in [2.05, 4.69) is 15.2 Å². The Morgan fingerprint density at radius 3 is 2.75 bits per heavy atom. The van der Waals surface area contributed by atoms with Gasteiger partial charge in [0.25, 0.3) is 5.91 Å². The second-order valence-electron chi connectivity index (χ2n) is 5.43. The molecule has 0 bridgehead atoms. The maximum Gasteiger partial charge on any atom is 0.325 e. The number of aliphatic imine (C=N–C) groups is 1. The Morgan fingerprint density at radius 2 is 2.05 bits per heavy atom. The van der Waals surface area contributed by atoms with E-state index in [0.29, 0.717) is 6.61 Å². The van der Waals surface area contributed by atoms with Gasteiger partial charge in [-0.15, -0.1) is 0 Å². The Morgan fingerprint density at radius 1 is 1.30 bits per heavy atom. The highest BCUT2D eigenvalue weighted by Crippen LogP contribution is 2.24. The smallest absolute Gasteiger partial charge is 0.325 e. The van der Waals surface area contributed by atoms with Crippen LogP contribution in [0.3, 0.4) is 0 Å². The van der Waals surface area contributed by atoms with Crippen molar-refractivity contribution in [1.29, 1.82) is 0 Å². The summed E-state index contributed by atoms with van der Waals surface area (Å²) in [6.45, 7) is 4.13. The molecule has 3 rings (SSSR count). The first-order chi connectivity index (χ1) is 9.49. The van der Waals surface area contributed by atoms with Crippen LogP contribution in [-0.2, 0) is 9.53 Å². The molecule has 3 heterocycles. The van der Waals surface area contributed by atoms with E-state index in [0.717, 1.165) is 19.0 Å². The van der Waals surface area contributed by atoms with Gasteiger partial charge < -0.3 is 19.4 Å². The standard InChI is InChI=1S/C12H19N5O3/c1-7-6-17(4-5-20-7)11-13-9-8(15(11)2)10(18)14-12(19)16(9)3/h7-9H,4-6H2,1-3H3,(H,14,18,19). The number of urea groups is 1. The molecule has 3 aliphatic heterocycles. The van der Waals surface area contributed by atoms with Crippen molar-refractivity contribution in [3.63, 3.8) is 0 Å². The molecule has 3 unspecified atom stereocenters. The number of hydrogen-bond donors (Lipinski definition) is 1. The highest BCUT2D eigenvalue weighted by atomic mass is 16.5. The summed E-state index contributed by atoms with van der Waals surface area (Å²) < 4.78 is 5.52. The molecule has 0 spiro atoms. The van der Waals surface area contributed by atoms with Crippen molar-refractivity contribution in [2.75, 3.05) is 33.8 Å². The average molecular weight is 281 g/mol. The molecule has 110 valence electrons. The van der Waals surface area contributed by atoms with Crippen molar-refractivity contribution in [3.05, 3.63) is 0 Å². The summed E-state index contributed by atoms with van der Waals surface area (Å²) in [5, 5.41) is 2.35. The highest BCUT2D eigenvalue weighted by molar-refractivity contribution is 6.03. The molecule has 0 aromatic carbocycles. The van der Waals surface area contributed by atoms with Crippen LogP contribution in [-0.4, -0.2) is 84.7 Å². The molecule has 2 saturated heterocycles. The SMILES string of the molecule is CC1CN(C2=NC3C(C(=O)NC(=O)N3C)N2C)CCO1. The van der Waals surface area contributed by atoms with Crippen molar-refractivity contribution in [2.24, 2.45) is 4.99 Å². The van der Waals surface area contributed by atoms with Gasteiger partial charge in [0.15, 0.2) is 18.2 Å². The van der Waals surface area contributed by atoms with Gasteiger partial charge in [0.2, 0.25) is 0 Å². The minimum atomic E-state index is -0.453. The van der Waals surface area contributed by atoms with Crippen molar-refractivity contribution in [2.45, 2.75) is 25.2 Å². The van der Waals surface area contributed by atoms with E-state index >= 15 is 0 Å². The number of carbonyl (C=O) groups excluding carboxylic acids is 2. The van der Waals surface area contributed by atoms with Crippen LogP contribution in [0.2, 0.25) is 0 Å². The fraction of sp³-hybridized carbons (Fsp3) is 0.750. The lowest BCUT2D eigenvalue weighted by molar-refractivity contribution is -0.126. The molecule has 0 aliphatic carbocycles. The normalized spacial score (nSPS) is 34.0. The number of guanidine groups is 1. The molecule has 0 saturated carbocycles. The van der Waals surface area contributed by atoms with E-state index < -0.39 is 18.2 Å². The van der Waals surface area contributed by atoms with Gasteiger partial charge in [-0.3, -0.25) is 10.1 Å². The molecule has 20 heavy (non-hydrogen) atoms. The van der Waals surface area contributed by atoms with E-state index in [4.69, 9.17) is 4.74 Å². The van der Waals surface area contributed by atoms with Gasteiger partial charge >= 0.3 is 6.03 Å². The summed E-state index contributed by atoms with van der Waals surface area (Å²) in [4.78, 5) is 33.7. The molecule has 3 amide bonds. The first kappa shape index (κ1) is 13.2. The molecule has 3 atom stereocenters. The molecular formula is C12H19N5O3. The fourth-order valence-corrected chi connectivity index (χ4v) is 2.91. The Kier molecular flexibility index (Phi) is 3.04. The molecule has 8 nitrogen and oxygen atoms in total. The van der Waals surface area contributed by atoms with E-state index in [-0.39, 0.29) is 12.0 Å². The Balaban J connectivity index is 1.86. The molecule has 3 aliphatic rings. The van der Waals surface area contributed by atoms with Crippen LogP contribution in [0.25, 0.3) is 0 Å². The van der Waals surface area contributed by atoms with Crippen LogP contribution in [0.5, 0.6) is 0 Å². The quantitative estimate of drug-likeness (QED) is 0.609. The number of nitrogens with one attached hydrogen (secondary N) is 1. The van der Waals surface area contributed by atoms with Gasteiger partial charge in [0.1, 0.15) is 0 Å². The lowest BCUT2D eigenvalue weighted by atomic mass is 10.1. The highest BCUT2D eigenvalue weighted by Gasteiger charge is 2.48. The van der Waals surface area contributed by atoms with Crippen LogP contribution >= 0.6 is 0 Å². The van der Waals surface area contributed by atoms with Gasteiger partial charge in [-0.2, -0.15) is 0 Å². The van der Waals surface area contributed by atoms with Gasteiger partial charge in [-0.25, -0.2) is 9.79 Å². The maximum absolute atomic E-state index is 12.0. The largest absolute Gasteiger partial charge is 0.375 e. The zero-order valence-electron chi connectivity index (χ0n) is 11.9. The number of amides is 3. The number of imide groups is 1. The van der Waals surface area contributed by atoms with Crippen LogP contribution in [0.4, 0.5) is 4.79 Å². The van der Waals surface area contributed by atoms with E-state index in [1.807, 2.05) is 18.9 Å². The monoisotopic (exact) mass is 281 g/mol. The van der Waals surface area contributed by atoms with Gasteiger partial charge in [0.05, 0.1) is 12.7 Å². The van der Waals surface area contributed by atoms with Crippen molar-refractivity contribution < 1.29 is 14.3 Å². The topological polar surface area (TPSA) is 77.5 Å². The maximum atomic E-state index is 12.0. The number of rotatable bonds is 0. The second kappa shape index (κ2) is 4.62. The molecule has 8 heteroatoms. The Bertz CT molecular complexity index is 480. The number of hydrogen-bond acceptors (Lipinski definition) is 6. The lowest BCUT2D eigenvalue weighted by Crippen LogP contribution is -2.63. The van der Waals surface area contributed by atoms with Gasteiger partial charge in [-0.1, -0.05) is 0 Å². The average Bonchev–Trinajstić information content (AvgIpc) is 2.74. The minimum absolute atomic E-state index is 0.135. The number of carbonyl (C=O) groups is 2. The number of fused-ring (bicyclic) bond motifs is 1. The molecule has 0 aromatic rings. The summed E-state index contributed by atoms with van der Waals surface area (Å²) >= 11 is 0. The second-order valence-corrected chi connectivity index (χ2v) is 5.43. The van der Waals surface area contributed by atoms with Crippen molar-refractivity contribution in [3.8, 4) is 0 Å². The number of morpholine rings is 1. The minimum Gasteiger partial charge on any atom is -0.375 e. The zero-order chi connectivity index (χ0) is 14.4. The zero-order valence-corrected chi connectivity index (χ0v) is 11.9. The number of likely N-dealkylation sites (N-methyl/N-ethyl adjacent to an activating group) is 2. The fourth-order valence-electron chi connectivity index (χ4n) is 2.91. The third kappa shape index (κ3) is 1.91. The molecule has 0 aromatic heterocycles. The van der Waals surface area contributed by atoms with Crippen LogP contribution in [0, 0.1) is 0 Å². The third-order valence-electron chi connectivity index (χ3n) is 4.00. The first-order valence-electron chi connectivity index (χ1n) is 6.74. The van der Waals surface area contributed by atoms with E-state index in [1.165, 1.54) is 4.90 Å².